The first kappa shape index (κ1) is 13.1. The van der Waals surface area contributed by atoms with Crippen LogP contribution in [0.1, 0.15) is 11.1 Å². The summed E-state index contributed by atoms with van der Waals surface area (Å²) in [6.45, 7) is 0. The predicted molar refractivity (Wildman–Crippen MR) is 94.0 cm³/mol. The molecular formula is C19H13ClN2. The van der Waals surface area contributed by atoms with E-state index in [1.807, 2.05) is 24.3 Å². The summed E-state index contributed by atoms with van der Waals surface area (Å²) in [7, 11) is 0. The van der Waals surface area contributed by atoms with Crippen LogP contribution < -0.4 is 0 Å². The molecule has 0 saturated heterocycles. The lowest BCUT2D eigenvalue weighted by Crippen LogP contribution is -1.74. The second kappa shape index (κ2) is 5.32. The first-order chi connectivity index (χ1) is 10.8. The SMILES string of the molecule is Clc1cnc2[nH]c3ccc(/C=C/c4ccccc4)cc3c2c1. The lowest BCUT2D eigenvalue weighted by atomic mass is 10.1. The van der Waals surface area contributed by atoms with E-state index in [1.165, 1.54) is 5.56 Å². The van der Waals surface area contributed by atoms with Crippen LogP contribution in [-0.2, 0) is 0 Å². The molecule has 0 aliphatic carbocycles. The van der Waals surface area contributed by atoms with E-state index in [9.17, 15) is 0 Å². The van der Waals surface area contributed by atoms with E-state index in [1.54, 1.807) is 6.20 Å². The monoisotopic (exact) mass is 304 g/mol. The maximum atomic E-state index is 6.07. The molecule has 0 unspecified atom stereocenters. The standard InChI is InChI=1S/C19H13ClN2/c20-15-11-17-16-10-14(7-6-13-4-2-1-3-5-13)8-9-18(16)22-19(17)21-12-15/h1-12H,(H,21,22)/b7-6+. The molecular weight excluding hydrogens is 292 g/mol. The third-order valence-corrected chi connectivity index (χ3v) is 3.92. The smallest absolute Gasteiger partial charge is 0.138 e. The quantitative estimate of drug-likeness (QED) is 0.484. The molecule has 2 nitrogen and oxygen atoms in total. The average Bonchev–Trinajstić information content (AvgIpc) is 2.91. The fourth-order valence-corrected chi connectivity index (χ4v) is 2.78. The van der Waals surface area contributed by atoms with Crippen LogP contribution in [0.5, 0.6) is 0 Å². The molecule has 0 radical (unpaired) electrons. The number of benzene rings is 2. The molecule has 0 aliphatic rings. The fraction of sp³-hybridized carbons (Fsp3) is 0. The highest BCUT2D eigenvalue weighted by molar-refractivity contribution is 6.31. The lowest BCUT2D eigenvalue weighted by Gasteiger charge is -1.96. The Hall–Kier alpha value is -2.58. The number of hydrogen-bond donors (Lipinski definition) is 1. The van der Waals surface area contributed by atoms with Crippen molar-refractivity contribution in [3.8, 4) is 0 Å². The number of rotatable bonds is 2. The van der Waals surface area contributed by atoms with E-state index >= 15 is 0 Å². The van der Waals surface area contributed by atoms with Crippen molar-refractivity contribution >= 4 is 45.7 Å². The van der Waals surface area contributed by atoms with Crippen LogP contribution in [0.2, 0.25) is 5.02 Å². The zero-order chi connectivity index (χ0) is 14.9. The molecule has 0 aliphatic heterocycles. The first-order valence-corrected chi connectivity index (χ1v) is 7.47. The van der Waals surface area contributed by atoms with Crippen molar-refractivity contribution in [1.29, 1.82) is 0 Å². The summed E-state index contributed by atoms with van der Waals surface area (Å²) in [6.07, 6.45) is 5.89. The number of nitrogens with one attached hydrogen (secondary N) is 1. The van der Waals surface area contributed by atoms with Gasteiger partial charge < -0.3 is 4.98 Å². The Bertz CT molecular complexity index is 984. The summed E-state index contributed by atoms with van der Waals surface area (Å²) < 4.78 is 0. The molecule has 22 heavy (non-hydrogen) atoms. The Morgan fingerprint density at radius 1 is 0.864 bits per heavy atom. The number of aromatic nitrogens is 2. The van der Waals surface area contributed by atoms with Crippen LogP contribution >= 0.6 is 11.6 Å². The summed E-state index contributed by atoms with van der Waals surface area (Å²) in [5.74, 6) is 0. The van der Waals surface area contributed by atoms with Gasteiger partial charge in [0, 0.05) is 22.5 Å². The largest absolute Gasteiger partial charge is 0.339 e. The minimum atomic E-state index is 0.652. The summed E-state index contributed by atoms with van der Waals surface area (Å²) in [5.41, 5.74) is 4.27. The van der Waals surface area contributed by atoms with Crippen molar-refractivity contribution in [1.82, 2.24) is 9.97 Å². The van der Waals surface area contributed by atoms with Crippen molar-refractivity contribution in [2.24, 2.45) is 0 Å². The van der Waals surface area contributed by atoms with Crippen molar-refractivity contribution in [3.63, 3.8) is 0 Å². The van der Waals surface area contributed by atoms with Gasteiger partial charge in [0.1, 0.15) is 5.65 Å². The van der Waals surface area contributed by atoms with Gasteiger partial charge in [0.2, 0.25) is 0 Å². The van der Waals surface area contributed by atoms with Gasteiger partial charge in [0.15, 0.2) is 0 Å². The van der Waals surface area contributed by atoms with E-state index in [0.717, 1.165) is 27.5 Å². The Labute approximate surface area is 133 Å². The highest BCUT2D eigenvalue weighted by atomic mass is 35.5. The summed E-state index contributed by atoms with van der Waals surface area (Å²) >= 11 is 6.07. The highest BCUT2D eigenvalue weighted by Gasteiger charge is 2.06. The van der Waals surface area contributed by atoms with Gasteiger partial charge in [-0.1, -0.05) is 60.2 Å². The van der Waals surface area contributed by atoms with Crippen LogP contribution in [0.15, 0.2) is 60.8 Å². The molecule has 0 spiro atoms. The number of hydrogen-bond acceptors (Lipinski definition) is 1. The van der Waals surface area contributed by atoms with E-state index in [-0.39, 0.29) is 0 Å². The minimum absolute atomic E-state index is 0.652. The minimum Gasteiger partial charge on any atom is -0.339 e. The molecule has 0 fully saturated rings. The number of pyridine rings is 1. The summed E-state index contributed by atoms with van der Waals surface area (Å²) in [5, 5.41) is 2.84. The number of nitrogens with zero attached hydrogens (tertiary/aromatic N) is 1. The molecule has 1 N–H and O–H groups in total. The number of aromatic amines is 1. The average molecular weight is 305 g/mol. The van der Waals surface area contributed by atoms with Gasteiger partial charge in [-0.15, -0.1) is 0 Å². The molecule has 0 atom stereocenters. The van der Waals surface area contributed by atoms with Crippen LogP contribution in [0.25, 0.3) is 34.1 Å². The normalized spacial score (nSPS) is 11.7. The molecule has 2 aromatic carbocycles. The number of H-pyrrole nitrogens is 1. The zero-order valence-corrected chi connectivity index (χ0v) is 12.5. The van der Waals surface area contributed by atoms with Crippen molar-refractivity contribution < 1.29 is 0 Å². The number of halogens is 1. The first-order valence-electron chi connectivity index (χ1n) is 7.10. The van der Waals surface area contributed by atoms with E-state index in [0.29, 0.717) is 5.02 Å². The Kier molecular flexibility index (Phi) is 3.17. The summed E-state index contributed by atoms with van der Waals surface area (Å²) in [4.78, 5) is 7.65. The molecule has 2 heterocycles. The Morgan fingerprint density at radius 3 is 2.55 bits per heavy atom. The summed E-state index contributed by atoms with van der Waals surface area (Å²) in [6, 6.07) is 18.6. The predicted octanol–water partition coefficient (Wildman–Crippen LogP) is 5.54. The lowest BCUT2D eigenvalue weighted by molar-refractivity contribution is 1.35. The van der Waals surface area contributed by atoms with Gasteiger partial charge in [-0.2, -0.15) is 0 Å². The van der Waals surface area contributed by atoms with E-state index in [2.05, 4.69) is 52.5 Å². The van der Waals surface area contributed by atoms with Gasteiger partial charge in [-0.3, -0.25) is 0 Å². The van der Waals surface area contributed by atoms with Crippen molar-refractivity contribution in [2.45, 2.75) is 0 Å². The topological polar surface area (TPSA) is 28.7 Å². The Balaban J connectivity index is 1.81. The molecule has 106 valence electrons. The van der Waals surface area contributed by atoms with Crippen molar-refractivity contribution in [2.75, 3.05) is 0 Å². The van der Waals surface area contributed by atoms with E-state index in [4.69, 9.17) is 11.6 Å². The highest BCUT2D eigenvalue weighted by Crippen LogP contribution is 2.27. The van der Waals surface area contributed by atoms with Crippen LogP contribution in [0.3, 0.4) is 0 Å². The van der Waals surface area contributed by atoms with Gasteiger partial charge in [0.25, 0.3) is 0 Å². The van der Waals surface area contributed by atoms with Gasteiger partial charge in [-0.05, 0) is 29.3 Å². The molecule has 4 rings (SSSR count). The van der Waals surface area contributed by atoms with Crippen LogP contribution in [0, 0.1) is 0 Å². The molecule has 0 bridgehead atoms. The van der Waals surface area contributed by atoms with Gasteiger partial charge in [0.05, 0.1) is 5.02 Å². The second-order valence-electron chi connectivity index (χ2n) is 5.22. The van der Waals surface area contributed by atoms with Crippen LogP contribution in [0.4, 0.5) is 0 Å². The molecule has 3 heteroatoms. The Morgan fingerprint density at radius 2 is 1.68 bits per heavy atom. The van der Waals surface area contributed by atoms with Crippen molar-refractivity contribution in [3.05, 3.63) is 76.9 Å². The zero-order valence-electron chi connectivity index (χ0n) is 11.8. The maximum Gasteiger partial charge on any atom is 0.138 e. The fourth-order valence-electron chi connectivity index (χ4n) is 2.63. The van der Waals surface area contributed by atoms with E-state index < -0.39 is 0 Å². The molecule has 2 aromatic heterocycles. The molecule has 0 saturated carbocycles. The molecule has 0 amide bonds. The second-order valence-corrected chi connectivity index (χ2v) is 5.66. The third-order valence-electron chi connectivity index (χ3n) is 3.71. The number of fused-ring (bicyclic) bond motifs is 3. The maximum absolute atomic E-state index is 6.07. The third kappa shape index (κ3) is 2.38. The molecule has 4 aromatic rings. The van der Waals surface area contributed by atoms with Crippen LogP contribution in [-0.4, -0.2) is 9.97 Å². The van der Waals surface area contributed by atoms with Gasteiger partial charge >= 0.3 is 0 Å². The van der Waals surface area contributed by atoms with Gasteiger partial charge in [-0.25, -0.2) is 4.98 Å².